The Morgan fingerprint density at radius 1 is 0.977 bits per heavy atom. The number of tetrazole rings is 1. The zero-order chi connectivity index (χ0) is 30.3. The van der Waals surface area contributed by atoms with Crippen LogP contribution < -0.4 is 9.64 Å². The molecule has 44 heavy (non-hydrogen) atoms. The standard InChI is InChI=1S/C34H38N8O2/c1-3-4-16-31-35-25(2)22-41(31)24-28-17-18-29(44-32(33-36-38-39-37-33)27-14-9-6-10-15-27)21-30(28)42-20-11-19-40(34(42)43)23-26-12-7-5-8-13-26/h5-10,12-15,17-18,21-22,32H,3-4,11,16,19-20,23-24H2,1-2H3,(H,36,37,38,39). The number of aryl methyl sites for hydroxylation is 2. The molecular weight excluding hydrogens is 552 g/mol. The number of unbranched alkanes of at least 4 members (excludes halogenated alkanes) is 1. The fraction of sp³-hybridized carbons (Fsp3) is 0.324. The Bertz CT molecular complexity index is 1650. The van der Waals surface area contributed by atoms with Crippen LogP contribution in [0.3, 0.4) is 0 Å². The summed E-state index contributed by atoms with van der Waals surface area (Å²) in [5.41, 5.74) is 4.86. The maximum Gasteiger partial charge on any atom is 0.324 e. The van der Waals surface area contributed by atoms with Crippen LogP contribution in [0.5, 0.6) is 5.75 Å². The van der Waals surface area contributed by atoms with Crippen LogP contribution in [-0.4, -0.2) is 54.2 Å². The third-order valence-corrected chi connectivity index (χ3v) is 7.90. The van der Waals surface area contributed by atoms with Gasteiger partial charge in [-0.15, -0.1) is 10.2 Å². The van der Waals surface area contributed by atoms with Crippen LogP contribution >= 0.6 is 0 Å². The number of rotatable bonds is 12. The lowest BCUT2D eigenvalue weighted by molar-refractivity contribution is 0.192. The normalized spacial score (nSPS) is 14.2. The Morgan fingerprint density at radius 3 is 2.52 bits per heavy atom. The van der Waals surface area contributed by atoms with Gasteiger partial charge >= 0.3 is 6.03 Å². The number of ether oxygens (including phenoxy) is 1. The third-order valence-electron chi connectivity index (χ3n) is 7.90. The molecule has 10 heteroatoms. The van der Waals surface area contributed by atoms with Crippen LogP contribution in [0, 0.1) is 6.92 Å². The number of nitrogens with one attached hydrogen (secondary N) is 1. The first-order chi connectivity index (χ1) is 21.6. The molecule has 1 fully saturated rings. The molecule has 1 aliphatic rings. The minimum atomic E-state index is -0.572. The van der Waals surface area contributed by atoms with E-state index in [9.17, 15) is 4.79 Å². The molecule has 0 aliphatic carbocycles. The van der Waals surface area contributed by atoms with Crippen LogP contribution in [0.4, 0.5) is 10.5 Å². The predicted molar refractivity (Wildman–Crippen MR) is 168 cm³/mol. The number of hydrogen-bond acceptors (Lipinski definition) is 6. The molecule has 0 saturated carbocycles. The van der Waals surface area contributed by atoms with E-state index in [1.165, 1.54) is 0 Å². The smallest absolute Gasteiger partial charge is 0.324 e. The maximum absolute atomic E-state index is 14.0. The van der Waals surface area contributed by atoms with Gasteiger partial charge in [-0.2, -0.15) is 5.21 Å². The molecule has 10 nitrogen and oxygen atoms in total. The molecule has 0 bridgehead atoms. The molecule has 5 aromatic rings. The van der Waals surface area contributed by atoms with E-state index < -0.39 is 6.10 Å². The number of urea groups is 1. The highest BCUT2D eigenvalue weighted by atomic mass is 16.5. The number of anilines is 1. The average Bonchev–Trinajstić information content (AvgIpc) is 3.71. The summed E-state index contributed by atoms with van der Waals surface area (Å²) in [5.74, 6) is 2.11. The van der Waals surface area contributed by atoms with Crippen LogP contribution in [-0.2, 0) is 19.5 Å². The van der Waals surface area contributed by atoms with Crippen LogP contribution in [0.15, 0.2) is 85.1 Å². The molecule has 1 N–H and O–H groups in total. The third kappa shape index (κ3) is 6.64. The van der Waals surface area contributed by atoms with Crippen molar-refractivity contribution in [2.75, 3.05) is 18.0 Å². The van der Waals surface area contributed by atoms with Gasteiger partial charge in [0.1, 0.15) is 11.6 Å². The number of imidazole rings is 1. The van der Waals surface area contributed by atoms with E-state index in [1.807, 2.05) is 77.4 Å². The second kappa shape index (κ2) is 13.5. The SMILES string of the molecule is CCCCc1nc(C)cn1Cc1ccc(OC(c2ccccc2)c2nn[nH]n2)cc1N1CCCN(Cc2ccccc2)C1=O. The van der Waals surface area contributed by atoms with Gasteiger partial charge in [0.2, 0.25) is 5.82 Å². The van der Waals surface area contributed by atoms with Gasteiger partial charge in [0, 0.05) is 43.9 Å². The van der Waals surface area contributed by atoms with Crippen molar-refractivity contribution < 1.29 is 9.53 Å². The molecule has 0 radical (unpaired) electrons. The second-order valence-electron chi connectivity index (χ2n) is 11.2. The van der Waals surface area contributed by atoms with Crippen LogP contribution in [0.1, 0.15) is 66.3 Å². The van der Waals surface area contributed by atoms with E-state index in [1.54, 1.807) is 0 Å². The van der Waals surface area contributed by atoms with Crippen LogP contribution in [0.25, 0.3) is 0 Å². The highest BCUT2D eigenvalue weighted by molar-refractivity contribution is 5.93. The highest BCUT2D eigenvalue weighted by Gasteiger charge is 2.30. The van der Waals surface area contributed by atoms with Crippen molar-refractivity contribution in [1.29, 1.82) is 0 Å². The lowest BCUT2D eigenvalue weighted by atomic mass is 10.1. The van der Waals surface area contributed by atoms with Gasteiger partial charge in [0.15, 0.2) is 6.10 Å². The van der Waals surface area contributed by atoms with Crippen molar-refractivity contribution in [2.24, 2.45) is 0 Å². The minimum absolute atomic E-state index is 0.00991. The number of H-pyrrole nitrogens is 1. The summed E-state index contributed by atoms with van der Waals surface area (Å²) in [6.07, 6.45) is 5.48. The number of amides is 2. The molecule has 1 atom stereocenters. The Hall–Kier alpha value is -4.99. The summed E-state index contributed by atoms with van der Waals surface area (Å²) in [6.45, 7) is 6.73. The zero-order valence-corrected chi connectivity index (χ0v) is 25.3. The van der Waals surface area contributed by atoms with E-state index in [-0.39, 0.29) is 6.03 Å². The summed E-state index contributed by atoms with van der Waals surface area (Å²) < 4.78 is 8.78. The van der Waals surface area contributed by atoms with Crippen molar-refractivity contribution in [2.45, 2.75) is 58.7 Å². The molecule has 3 aromatic carbocycles. The Morgan fingerprint density at radius 2 is 1.77 bits per heavy atom. The quantitative estimate of drug-likeness (QED) is 0.188. The Balaban J connectivity index is 1.36. The molecule has 3 heterocycles. The summed E-state index contributed by atoms with van der Waals surface area (Å²) in [6, 6.07) is 26.0. The highest BCUT2D eigenvalue weighted by Crippen LogP contribution is 2.34. The van der Waals surface area contributed by atoms with E-state index in [4.69, 9.17) is 9.72 Å². The van der Waals surface area contributed by atoms with E-state index in [0.29, 0.717) is 37.8 Å². The van der Waals surface area contributed by atoms with E-state index in [2.05, 4.69) is 56.5 Å². The van der Waals surface area contributed by atoms with E-state index >= 15 is 0 Å². The number of hydrogen-bond donors (Lipinski definition) is 1. The molecule has 2 aromatic heterocycles. The predicted octanol–water partition coefficient (Wildman–Crippen LogP) is 6.10. The van der Waals surface area contributed by atoms with Gasteiger partial charge in [0.05, 0.1) is 17.9 Å². The fourth-order valence-electron chi connectivity index (χ4n) is 5.72. The van der Waals surface area contributed by atoms with Gasteiger partial charge in [-0.05, 0) is 37.0 Å². The van der Waals surface area contributed by atoms with Crippen molar-refractivity contribution in [3.63, 3.8) is 0 Å². The van der Waals surface area contributed by atoms with Gasteiger partial charge in [-0.25, -0.2) is 9.78 Å². The van der Waals surface area contributed by atoms with Crippen molar-refractivity contribution in [3.05, 3.63) is 119 Å². The summed E-state index contributed by atoms with van der Waals surface area (Å²) >= 11 is 0. The first-order valence-corrected chi connectivity index (χ1v) is 15.3. The van der Waals surface area contributed by atoms with Gasteiger partial charge in [-0.3, -0.25) is 4.90 Å². The van der Waals surface area contributed by atoms with Crippen LogP contribution in [0.2, 0.25) is 0 Å². The van der Waals surface area contributed by atoms with E-state index in [0.717, 1.165) is 59.6 Å². The zero-order valence-electron chi connectivity index (χ0n) is 25.3. The molecule has 6 rings (SSSR count). The number of aromatic amines is 1. The number of carbonyl (C=O) groups excluding carboxylic acids is 1. The number of benzene rings is 3. The summed E-state index contributed by atoms with van der Waals surface area (Å²) in [4.78, 5) is 22.7. The lowest BCUT2D eigenvalue weighted by Gasteiger charge is -2.37. The molecule has 2 amide bonds. The molecule has 1 saturated heterocycles. The summed E-state index contributed by atoms with van der Waals surface area (Å²) in [5, 5.41) is 14.7. The lowest BCUT2D eigenvalue weighted by Crippen LogP contribution is -2.49. The molecule has 0 spiro atoms. The Labute approximate surface area is 257 Å². The van der Waals surface area contributed by atoms with Gasteiger partial charge in [0.25, 0.3) is 0 Å². The summed E-state index contributed by atoms with van der Waals surface area (Å²) in [7, 11) is 0. The first-order valence-electron chi connectivity index (χ1n) is 15.3. The molecule has 1 unspecified atom stereocenters. The fourth-order valence-corrected chi connectivity index (χ4v) is 5.72. The Kier molecular flexibility index (Phi) is 8.95. The van der Waals surface area contributed by atoms with Crippen molar-refractivity contribution in [1.82, 2.24) is 35.1 Å². The monoisotopic (exact) mass is 590 g/mol. The molecule has 1 aliphatic heterocycles. The average molecular weight is 591 g/mol. The van der Waals surface area contributed by atoms with Crippen molar-refractivity contribution >= 4 is 11.7 Å². The maximum atomic E-state index is 14.0. The van der Waals surface area contributed by atoms with Gasteiger partial charge in [-0.1, -0.05) is 85.3 Å². The second-order valence-corrected chi connectivity index (χ2v) is 11.2. The minimum Gasteiger partial charge on any atom is -0.477 e. The number of nitrogens with zero attached hydrogens (tertiary/aromatic N) is 7. The molecular formula is C34H38N8O2. The number of carbonyl (C=O) groups is 1. The first kappa shape index (κ1) is 29.1. The topological polar surface area (TPSA) is 105 Å². The number of aromatic nitrogens is 6. The largest absolute Gasteiger partial charge is 0.477 e. The van der Waals surface area contributed by atoms with Crippen molar-refractivity contribution in [3.8, 4) is 5.75 Å². The molecule has 226 valence electrons. The van der Waals surface area contributed by atoms with Gasteiger partial charge < -0.3 is 14.2 Å².